The van der Waals surface area contributed by atoms with Gasteiger partial charge in [-0.05, 0) is 30.7 Å². The van der Waals surface area contributed by atoms with Gasteiger partial charge in [-0.15, -0.1) is 0 Å². The zero-order valence-electron chi connectivity index (χ0n) is 12.9. The van der Waals surface area contributed by atoms with E-state index in [0.29, 0.717) is 31.9 Å². The van der Waals surface area contributed by atoms with Crippen molar-refractivity contribution in [1.82, 2.24) is 9.88 Å². The van der Waals surface area contributed by atoms with Gasteiger partial charge in [0, 0.05) is 29.4 Å². The molecule has 1 saturated heterocycles. The highest BCUT2D eigenvalue weighted by atomic mass is 79.9. The second-order valence-electron chi connectivity index (χ2n) is 5.46. The van der Waals surface area contributed by atoms with Crippen LogP contribution in [0.2, 0.25) is 0 Å². The molecule has 0 spiro atoms. The molecule has 2 aromatic rings. The minimum atomic E-state index is -0.00506. The Morgan fingerprint density at radius 1 is 1.22 bits per heavy atom. The van der Waals surface area contributed by atoms with Crippen LogP contribution in [0, 0.1) is 6.92 Å². The largest absolute Gasteiger partial charge is 0.378 e. The number of halogens is 1. The fraction of sp³-hybridized carbons (Fsp3) is 0.294. The average molecular weight is 376 g/mol. The molecule has 6 heteroatoms. The Morgan fingerprint density at radius 3 is 2.74 bits per heavy atom. The Bertz CT molecular complexity index is 715. The molecule has 0 saturated carbocycles. The maximum Gasteiger partial charge on any atom is 0.255 e. The molecular formula is C17H18BrN3O2. The first-order valence-corrected chi connectivity index (χ1v) is 8.28. The molecule has 23 heavy (non-hydrogen) atoms. The van der Waals surface area contributed by atoms with E-state index in [0.717, 1.165) is 15.8 Å². The van der Waals surface area contributed by atoms with Crippen molar-refractivity contribution in [2.75, 3.05) is 31.6 Å². The fourth-order valence-corrected chi connectivity index (χ4v) is 2.79. The first kappa shape index (κ1) is 16.0. The third kappa shape index (κ3) is 3.89. The summed E-state index contributed by atoms with van der Waals surface area (Å²) in [4.78, 5) is 18.5. The number of ether oxygens (including phenoxy) is 1. The highest BCUT2D eigenvalue weighted by molar-refractivity contribution is 9.10. The number of amides is 1. The number of pyridine rings is 1. The smallest absolute Gasteiger partial charge is 0.255 e. The van der Waals surface area contributed by atoms with Crippen molar-refractivity contribution >= 4 is 33.2 Å². The van der Waals surface area contributed by atoms with Crippen molar-refractivity contribution in [3.63, 3.8) is 0 Å². The van der Waals surface area contributed by atoms with Gasteiger partial charge in [-0.2, -0.15) is 0 Å². The first-order valence-electron chi connectivity index (χ1n) is 7.49. The normalized spacial score (nSPS) is 14.6. The van der Waals surface area contributed by atoms with Crippen LogP contribution in [0.5, 0.6) is 0 Å². The molecule has 1 aliphatic rings. The number of benzene rings is 1. The quantitative estimate of drug-likeness (QED) is 0.893. The minimum absolute atomic E-state index is 0.00506. The number of anilines is 2. The Morgan fingerprint density at radius 2 is 2.00 bits per heavy atom. The average Bonchev–Trinajstić information content (AvgIpc) is 2.58. The summed E-state index contributed by atoms with van der Waals surface area (Å²) in [5.74, 6) is -0.00506. The molecule has 1 aromatic carbocycles. The summed E-state index contributed by atoms with van der Waals surface area (Å²) >= 11 is 3.52. The van der Waals surface area contributed by atoms with Crippen LogP contribution >= 0.6 is 15.9 Å². The topological polar surface area (TPSA) is 54.5 Å². The number of carbonyl (C=O) groups is 1. The van der Waals surface area contributed by atoms with E-state index in [1.165, 1.54) is 5.56 Å². The van der Waals surface area contributed by atoms with Crippen LogP contribution in [0.4, 0.5) is 11.4 Å². The zero-order chi connectivity index (χ0) is 16.2. The van der Waals surface area contributed by atoms with Crippen molar-refractivity contribution in [1.29, 1.82) is 0 Å². The molecule has 2 heterocycles. The Balaban J connectivity index is 1.76. The number of aromatic nitrogens is 1. The molecule has 0 atom stereocenters. The van der Waals surface area contributed by atoms with Crippen LogP contribution in [0.15, 0.2) is 41.1 Å². The van der Waals surface area contributed by atoms with Gasteiger partial charge in [-0.3, -0.25) is 9.78 Å². The van der Waals surface area contributed by atoms with Gasteiger partial charge < -0.3 is 15.0 Å². The Kier molecular flexibility index (Phi) is 4.93. The molecule has 0 bridgehead atoms. The summed E-state index contributed by atoms with van der Waals surface area (Å²) in [6.07, 6.45) is 3.32. The highest BCUT2D eigenvalue weighted by Gasteiger charge is 2.19. The van der Waals surface area contributed by atoms with Gasteiger partial charge in [-0.25, -0.2) is 0 Å². The van der Waals surface area contributed by atoms with Crippen LogP contribution in [0.25, 0.3) is 0 Å². The maximum atomic E-state index is 12.5. The number of carbonyl (C=O) groups excluding carboxylic acids is 1. The SMILES string of the molecule is Cc1ccc(Nc2cncc(C(=O)N3CCOCC3)c2)cc1Br. The number of morpholine rings is 1. The highest BCUT2D eigenvalue weighted by Crippen LogP contribution is 2.24. The third-order valence-corrected chi connectivity index (χ3v) is 4.60. The van der Waals surface area contributed by atoms with Gasteiger partial charge in [0.05, 0.1) is 30.7 Å². The molecule has 3 rings (SSSR count). The van der Waals surface area contributed by atoms with Gasteiger partial charge in [0.15, 0.2) is 0 Å². The second-order valence-corrected chi connectivity index (χ2v) is 6.31. The van der Waals surface area contributed by atoms with Crippen LogP contribution in [0.1, 0.15) is 15.9 Å². The summed E-state index contributed by atoms with van der Waals surface area (Å²) in [7, 11) is 0. The van der Waals surface area contributed by atoms with Gasteiger partial charge in [0.25, 0.3) is 5.91 Å². The molecule has 1 aromatic heterocycles. The number of aryl methyl sites for hydroxylation is 1. The molecule has 0 aliphatic carbocycles. The molecule has 0 unspecified atom stereocenters. The van der Waals surface area contributed by atoms with Crippen LogP contribution in [-0.2, 0) is 4.74 Å². The lowest BCUT2D eigenvalue weighted by Crippen LogP contribution is -2.40. The van der Waals surface area contributed by atoms with Crippen molar-refractivity contribution < 1.29 is 9.53 Å². The van der Waals surface area contributed by atoms with Crippen molar-refractivity contribution in [2.24, 2.45) is 0 Å². The van der Waals surface area contributed by atoms with Gasteiger partial charge in [0.2, 0.25) is 0 Å². The van der Waals surface area contributed by atoms with E-state index in [2.05, 4.69) is 26.2 Å². The van der Waals surface area contributed by atoms with E-state index in [1.807, 2.05) is 31.2 Å². The Labute approximate surface area is 143 Å². The lowest BCUT2D eigenvalue weighted by Gasteiger charge is -2.26. The molecule has 1 aliphatic heterocycles. The molecule has 5 nitrogen and oxygen atoms in total. The van der Waals surface area contributed by atoms with Gasteiger partial charge in [0.1, 0.15) is 0 Å². The lowest BCUT2D eigenvalue weighted by atomic mass is 10.2. The van der Waals surface area contributed by atoms with Crippen molar-refractivity contribution in [3.05, 3.63) is 52.3 Å². The van der Waals surface area contributed by atoms with E-state index in [-0.39, 0.29) is 5.91 Å². The molecule has 1 fully saturated rings. The van der Waals surface area contributed by atoms with E-state index in [9.17, 15) is 4.79 Å². The minimum Gasteiger partial charge on any atom is -0.378 e. The number of hydrogen-bond donors (Lipinski definition) is 1. The lowest BCUT2D eigenvalue weighted by molar-refractivity contribution is 0.0302. The number of rotatable bonds is 3. The maximum absolute atomic E-state index is 12.5. The molecular weight excluding hydrogens is 358 g/mol. The summed E-state index contributed by atoms with van der Waals surface area (Å²) in [6, 6.07) is 7.86. The molecule has 1 amide bonds. The van der Waals surface area contributed by atoms with Crippen molar-refractivity contribution in [3.8, 4) is 0 Å². The summed E-state index contributed by atoms with van der Waals surface area (Å²) < 4.78 is 6.32. The van der Waals surface area contributed by atoms with E-state index in [4.69, 9.17) is 4.74 Å². The van der Waals surface area contributed by atoms with E-state index < -0.39 is 0 Å². The molecule has 120 valence electrons. The summed E-state index contributed by atoms with van der Waals surface area (Å²) in [6.45, 7) is 4.48. The number of hydrogen-bond acceptors (Lipinski definition) is 4. The van der Waals surface area contributed by atoms with Crippen molar-refractivity contribution in [2.45, 2.75) is 6.92 Å². The van der Waals surface area contributed by atoms with Gasteiger partial charge >= 0.3 is 0 Å². The standard InChI is InChI=1S/C17H18BrN3O2/c1-12-2-3-14(9-16(12)18)20-15-8-13(10-19-11-15)17(22)21-4-6-23-7-5-21/h2-3,8-11,20H,4-7H2,1H3. The third-order valence-electron chi connectivity index (χ3n) is 3.74. The van der Waals surface area contributed by atoms with E-state index >= 15 is 0 Å². The molecule has 0 radical (unpaired) electrons. The van der Waals surface area contributed by atoms with Crippen LogP contribution < -0.4 is 5.32 Å². The summed E-state index contributed by atoms with van der Waals surface area (Å²) in [5, 5.41) is 3.28. The predicted octanol–water partition coefficient (Wildman–Crippen LogP) is 3.37. The van der Waals surface area contributed by atoms with E-state index in [1.54, 1.807) is 17.3 Å². The Hall–Kier alpha value is -1.92. The first-order chi connectivity index (χ1) is 11.1. The van der Waals surface area contributed by atoms with Crippen LogP contribution in [-0.4, -0.2) is 42.1 Å². The fourth-order valence-electron chi connectivity index (χ4n) is 2.41. The number of nitrogens with zero attached hydrogens (tertiary/aromatic N) is 2. The number of nitrogens with one attached hydrogen (secondary N) is 1. The second kappa shape index (κ2) is 7.10. The van der Waals surface area contributed by atoms with Gasteiger partial charge in [-0.1, -0.05) is 22.0 Å². The van der Waals surface area contributed by atoms with Crippen LogP contribution in [0.3, 0.4) is 0 Å². The zero-order valence-corrected chi connectivity index (χ0v) is 14.5. The molecule has 1 N–H and O–H groups in total. The summed E-state index contributed by atoms with van der Waals surface area (Å²) in [5.41, 5.74) is 3.49. The predicted molar refractivity (Wildman–Crippen MR) is 93.1 cm³/mol. The monoisotopic (exact) mass is 375 g/mol.